The van der Waals surface area contributed by atoms with Gasteiger partial charge in [0.05, 0.1) is 42.5 Å². The number of pyridine rings is 1. The Kier molecular flexibility index (Phi) is 5.59. The van der Waals surface area contributed by atoms with Crippen LogP contribution in [0.3, 0.4) is 0 Å². The Morgan fingerprint density at radius 2 is 1.94 bits per heavy atom. The van der Waals surface area contributed by atoms with Gasteiger partial charge in [-0.3, -0.25) is 4.79 Å². The number of carbonyl (C=O) groups excluding carboxylic acids is 1. The maximum absolute atomic E-state index is 13.2. The van der Waals surface area contributed by atoms with E-state index in [-0.39, 0.29) is 16.9 Å². The maximum Gasteiger partial charge on any atom is 0.416 e. The van der Waals surface area contributed by atoms with E-state index in [0.717, 1.165) is 17.7 Å². The Bertz CT molecular complexity index is 1150. The summed E-state index contributed by atoms with van der Waals surface area (Å²) >= 11 is 3.23. The van der Waals surface area contributed by atoms with Gasteiger partial charge in [-0.2, -0.15) is 13.2 Å². The predicted octanol–water partition coefficient (Wildman–Crippen LogP) is 4.24. The molecule has 1 aliphatic heterocycles. The Hall–Kier alpha value is -2.75. The number of aromatic nitrogens is 2. The average Bonchev–Trinajstić information content (AvgIpc) is 3.14. The van der Waals surface area contributed by atoms with Crippen molar-refractivity contribution >= 4 is 27.5 Å². The molecule has 4 rings (SSSR count). The largest absolute Gasteiger partial charge is 0.493 e. The van der Waals surface area contributed by atoms with Crippen LogP contribution in [-0.2, 0) is 17.4 Å². The van der Waals surface area contributed by atoms with Crippen LogP contribution in [0.5, 0.6) is 11.5 Å². The molecular formula is C21H19BrF3N3O3. The second kappa shape index (κ2) is 8.07. The lowest BCUT2D eigenvalue weighted by Crippen LogP contribution is -2.41. The van der Waals surface area contributed by atoms with Gasteiger partial charge in [0.15, 0.2) is 11.5 Å². The van der Waals surface area contributed by atoms with Gasteiger partial charge in [-0.05, 0) is 29.8 Å². The van der Waals surface area contributed by atoms with Gasteiger partial charge < -0.3 is 18.8 Å². The molecule has 1 aromatic carbocycles. The summed E-state index contributed by atoms with van der Waals surface area (Å²) in [4.78, 5) is 18.9. The summed E-state index contributed by atoms with van der Waals surface area (Å²) in [6.45, 7) is 0.395. The molecule has 1 atom stereocenters. The fourth-order valence-electron chi connectivity index (χ4n) is 3.97. The summed E-state index contributed by atoms with van der Waals surface area (Å²) in [7, 11) is 3.04. The van der Waals surface area contributed by atoms with Crippen LogP contribution < -0.4 is 9.47 Å². The number of ether oxygens (including phenoxy) is 2. The second-order valence-electron chi connectivity index (χ2n) is 7.07. The van der Waals surface area contributed by atoms with Gasteiger partial charge in [0, 0.05) is 19.2 Å². The van der Waals surface area contributed by atoms with Gasteiger partial charge in [0.2, 0.25) is 5.91 Å². The predicted molar refractivity (Wildman–Crippen MR) is 111 cm³/mol. The number of rotatable bonds is 4. The first-order valence-corrected chi connectivity index (χ1v) is 10.6. The number of amides is 1. The summed E-state index contributed by atoms with van der Waals surface area (Å²) < 4.78 is 51.9. The van der Waals surface area contributed by atoms with E-state index in [2.05, 4.69) is 20.9 Å². The number of methoxy groups -OCH3 is 2. The number of nitrogens with zero attached hydrogens (tertiary/aromatic N) is 3. The Balaban J connectivity index is 1.92. The molecule has 10 heteroatoms. The lowest BCUT2D eigenvalue weighted by molar-refractivity contribution is -0.137. The lowest BCUT2D eigenvalue weighted by Gasteiger charge is -2.36. The molecule has 164 valence electrons. The van der Waals surface area contributed by atoms with Crippen molar-refractivity contribution in [3.8, 4) is 11.5 Å². The van der Waals surface area contributed by atoms with Crippen molar-refractivity contribution in [1.82, 2.24) is 14.3 Å². The van der Waals surface area contributed by atoms with E-state index in [1.807, 2.05) is 6.07 Å². The topological polar surface area (TPSA) is 56.1 Å². The van der Waals surface area contributed by atoms with Crippen molar-refractivity contribution in [1.29, 1.82) is 0 Å². The molecule has 3 heterocycles. The van der Waals surface area contributed by atoms with Crippen LogP contribution in [0.1, 0.15) is 28.6 Å². The molecule has 0 saturated heterocycles. The third-order valence-electron chi connectivity index (χ3n) is 5.38. The van der Waals surface area contributed by atoms with Crippen LogP contribution in [-0.4, -0.2) is 46.3 Å². The molecular weight excluding hydrogens is 479 g/mol. The number of imidazole rings is 1. The minimum Gasteiger partial charge on any atom is -0.493 e. The Morgan fingerprint density at radius 1 is 1.19 bits per heavy atom. The third kappa shape index (κ3) is 3.73. The van der Waals surface area contributed by atoms with Crippen molar-refractivity contribution in [3.05, 3.63) is 59.0 Å². The highest BCUT2D eigenvalue weighted by molar-refractivity contribution is 9.09. The fourth-order valence-corrected chi connectivity index (χ4v) is 4.29. The standard InChI is InChI=1S/C21H19BrF3N3O3/c1-30-15-4-3-12(9-16(15)31-2)19-20-14(6-8-28(19)18(29)11-22)26-17-10-13(21(23,24)25)5-7-27(17)20/h3-5,7,9-10,19H,6,8,11H2,1-2H3. The van der Waals surface area contributed by atoms with Gasteiger partial charge in [-0.1, -0.05) is 22.0 Å². The monoisotopic (exact) mass is 497 g/mol. The van der Waals surface area contributed by atoms with Gasteiger partial charge in [0.1, 0.15) is 5.65 Å². The number of benzene rings is 1. The van der Waals surface area contributed by atoms with Gasteiger partial charge in [-0.15, -0.1) is 0 Å². The number of alkyl halides is 4. The summed E-state index contributed by atoms with van der Waals surface area (Å²) in [5.41, 5.74) is 1.50. The van der Waals surface area contributed by atoms with E-state index in [0.29, 0.717) is 35.9 Å². The number of carbonyl (C=O) groups is 1. The van der Waals surface area contributed by atoms with Gasteiger partial charge >= 0.3 is 6.18 Å². The van der Waals surface area contributed by atoms with Crippen molar-refractivity contribution in [2.45, 2.75) is 18.6 Å². The van der Waals surface area contributed by atoms with Crippen LogP contribution in [0.2, 0.25) is 0 Å². The molecule has 1 aliphatic rings. The molecule has 0 spiro atoms. The molecule has 1 unspecified atom stereocenters. The maximum atomic E-state index is 13.2. The minimum atomic E-state index is -4.46. The lowest BCUT2D eigenvalue weighted by atomic mass is 9.95. The SMILES string of the molecule is COc1ccc(C2c3c(nc4cc(C(F)(F)F)ccn34)CCN2C(=O)CBr)cc1OC. The summed E-state index contributed by atoms with van der Waals surface area (Å²) in [5.74, 6) is 0.896. The van der Waals surface area contributed by atoms with Crippen LogP contribution in [0.4, 0.5) is 13.2 Å². The summed E-state index contributed by atoms with van der Waals surface area (Å²) in [5, 5.41) is 0.126. The highest BCUT2D eigenvalue weighted by Crippen LogP contribution is 2.40. The van der Waals surface area contributed by atoms with Crippen molar-refractivity contribution in [3.63, 3.8) is 0 Å². The molecule has 0 fully saturated rings. The molecule has 31 heavy (non-hydrogen) atoms. The highest BCUT2D eigenvalue weighted by atomic mass is 79.9. The quantitative estimate of drug-likeness (QED) is 0.506. The molecule has 0 bridgehead atoms. The molecule has 3 aromatic rings. The molecule has 0 aliphatic carbocycles. The van der Waals surface area contributed by atoms with E-state index in [1.54, 1.807) is 21.4 Å². The van der Waals surface area contributed by atoms with Crippen molar-refractivity contribution < 1.29 is 27.4 Å². The van der Waals surface area contributed by atoms with Crippen LogP contribution in [0.15, 0.2) is 36.5 Å². The highest BCUT2D eigenvalue weighted by Gasteiger charge is 2.37. The molecule has 6 nitrogen and oxygen atoms in total. The summed E-state index contributed by atoms with van der Waals surface area (Å²) in [6, 6.07) is 6.84. The first-order chi connectivity index (χ1) is 14.8. The normalized spacial score (nSPS) is 16.3. The molecule has 1 amide bonds. The number of hydrogen-bond acceptors (Lipinski definition) is 4. The molecule has 0 saturated carbocycles. The number of fused-ring (bicyclic) bond motifs is 3. The molecule has 0 radical (unpaired) electrons. The van der Waals surface area contributed by atoms with E-state index < -0.39 is 17.8 Å². The Morgan fingerprint density at radius 3 is 2.58 bits per heavy atom. The van der Waals surface area contributed by atoms with Gasteiger partial charge in [-0.25, -0.2) is 4.98 Å². The van der Waals surface area contributed by atoms with E-state index >= 15 is 0 Å². The molecule has 2 aromatic heterocycles. The Labute approximate surface area is 184 Å². The van der Waals surface area contributed by atoms with Crippen molar-refractivity contribution in [2.75, 3.05) is 26.1 Å². The average molecular weight is 498 g/mol. The van der Waals surface area contributed by atoms with Crippen molar-refractivity contribution in [2.24, 2.45) is 0 Å². The van der Waals surface area contributed by atoms with E-state index in [9.17, 15) is 18.0 Å². The zero-order valence-corrected chi connectivity index (χ0v) is 18.3. The molecule has 0 N–H and O–H groups in total. The smallest absolute Gasteiger partial charge is 0.416 e. The first kappa shape index (κ1) is 21.5. The van der Waals surface area contributed by atoms with Crippen LogP contribution in [0.25, 0.3) is 5.65 Å². The van der Waals surface area contributed by atoms with E-state index in [1.165, 1.54) is 20.4 Å². The zero-order valence-electron chi connectivity index (χ0n) is 16.7. The van der Waals surface area contributed by atoms with Crippen LogP contribution in [0, 0.1) is 0 Å². The fraction of sp³-hybridized carbons (Fsp3) is 0.333. The first-order valence-electron chi connectivity index (χ1n) is 9.44. The second-order valence-corrected chi connectivity index (χ2v) is 7.63. The van der Waals surface area contributed by atoms with Gasteiger partial charge in [0.25, 0.3) is 0 Å². The van der Waals surface area contributed by atoms with Crippen LogP contribution >= 0.6 is 15.9 Å². The summed E-state index contributed by atoms with van der Waals surface area (Å²) in [6.07, 6.45) is -2.66. The number of halogens is 4. The minimum absolute atomic E-state index is 0.126. The number of hydrogen-bond donors (Lipinski definition) is 0. The zero-order chi connectivity index (χ0) is 22.3. The van der Waals surface area contributed by atoms with E-state index in [4.69, 9.17) is 9.47 Å². The third-order valence-corrected chi connectivity index (χ3v) is 5.86.